The first-order chi connectivity index (χ1) is 7.90. The van der Waals surface area contributed by atoms with Gasteiger partial charge < -0.3 is 15.4 Å². The van der Waals surface area contributed by atoms with E-state index in [1.807, 2.05) is 0 Å². The molecule has 0 aromatic carbocycles. The van der Waals surface area contributed by atoms with Gasteiger partial charge >= 0.3 is 5.97 Å². The Morgan fingerprint density at radius 3 is 2.33 bits per heavy atom. The molecule has 5 nitrogen and oxygen atoms in total. The summed E-state index contributed by atoms with van der Waals surface area (Å²) in [6.45, 7) is 2.10. The quantitative estimate of drug-likeness (QED) is 0.777. The van der Waals surface area contributed by atoms with E-state index in [-0.39, 0.29) is 30.2 Å². The average molecular weight is 279 g/mol. The number of nitrogens with two attached hydrogens (primary N) is 1. The number of likely N-dealkylation sites (N-methyl/N-ethyl adjacent to an activating group) is 1. The largest absolute Gasteiger partial charge is 0.469 e. The standard InChI is InChI=1S/C12H22N2O3.ClH/c1-9(10(15)17-3)8-14(2)11(16)12(13)6-4-5-7-12;/h9H,4-8,13H2,1-3H3;1H. The van der Waals surface area contributed by atoms with Gasteiger partial charge in [0.1, 0.15) is 0 Å². The normalized spacial score (nSPS) is 18.7. The molecule has 1 atom stereocenters. The molecule has 18 heavy (non-hydrogen) atoms. The first-order valence-electron chi connectivity index (χ1n) is 6.03. The fourth-order valence-corrected chi connectivity index (χ4v) is 2.37. The number of amides is 1. The highest BCUT2D eigenvalue weighted by molar-refractivity contribution is 5.86. The lowest BCUT2D eigenvalue weighted by atomic mass is 9.97. The minimum absolute atomic E-state index is 0. The molecular weight excluding hydrogens is 256 g/mol. The van der Waals surface area contributed by atoms with Crippen LogP contribution in [0.15, 0.2) is 0 Å². The monoisotopic (exact) mass is 278 g/mol. The van der Waals surface area contributed by atoms with Gasteiger partial charge in [-0.05, 0) is 12.8 Å². The van der Waals surface area contributed by atoms with E-state index in [9.17, 15) is 9.59 Å². The third-order valence-electron chi connectivity index (χ3n) is 3.42. The van der Waals surface area contributed by atoms with Crippen molar-refractivity contribution in [3.8, 4) is 0 Å². The zero-order valence-electron chi connectivity index (χ0n) is 11.3. The molecule has 0 spiro atoms. The van der Waals surface area contributed by atoms with Crippen LogP contribution in [0.2, 0.25) is 0 Å². The molecule has 1 fully saturated rings. The molecule has 0 saturated heterocycles. The van der Waals surface area contributed by atoms with Crippen molar-refractivity contribution in [1.29, 1.82) is 0 Å². The summed E-state index contributed by atoms with van der Waals surface area (Å²) >= 11 is 0. The third-order valence-corrected chi connectivity index (χ3v) is 3.42. The van der Waals surface area contributed by atoms with Crippen LogP contribution in [-0.4, -0.2) is 43.0 Å². The van der Waals surface area contributed by atoms with Crippen LogP contribution in [0.4, 0.5) is 0 Å². The molecule has 1 aliphatic rings. The van der Waals surface area contributed by atoms with E-state index in [2.05, 4.69) is 4.74 Å². The lowest BCUT2D eigenvalue weighted by Gasteiger charge is -2.29. The molecule has 0 aliphatic heterocycles. The maximum atomic E-state index is 12.2. The van der Waals surface area contributed by atoms with Crippen LogP contribution in [0.3, 0.4) is 0 Å². The molecule has 1 unspecified atom stereocenters. The van der Waals surface area contributed by atoms with Crippen molar-refractivity contribution < 1.29 is 14.3 Å². The van der Waals surface area contributed by atoms with E-state index in [1.54, 1.807) is 18.9 Å². The zero-order chi connectivity index (χ0) is 13.1. The van der Waals surface area contributed by atoms with Crippen molar-refractivity contribution in [1.82, 2.24) is 4.90 Å². The average Bonchev–Trinajstić information content (AvgIpc) is 2.75. The summed E-state index contributed by atoms with van der Waals surface area (Å²) in [7, 11) is 3.04. The third kappa shape index (κ3) is 3.85. The molecule has 0 aromatic heterocycles. The van der Waals surface area contributed by atoms with E-state index in [4.69, 9.17) is 5.73 Å². The fourth-order valence-electron chi connectivity index (χ4n) is 2.37. The van der Waals surface area contributed by atoms with Crippen molar-refractivity contribution in [2.45, 2.75) is 38.1 Å². The van der Waals surface area contributed by atoms with Crippen LogP contribution >= 0.6 is 12.4 Å². The van der Waals surface area contributed by atoms with Crippen molar-refractivity contribution in [2.24, 2.45) is 11.7 Å². The lowest BCUT2D eigenvalue weighted by Crippen LogP contribution is -2.53. The van der Waals surface area contributed by atoms with E-state index in [1.165, 1.54) is 7.11 Å². The van der Waals surface area contributed by atoms with E-state index < -0.39 is 5.54 Å². The molecule has 1 aliphatic carbocycles. The number of esters is 1. The topological polar surface area (TPSA) is 72.6 Å². The maximum absolute atomic E-state index is 12.2. The Hall–Kier alpha value is -0.810. The van der Waals surface area contributed by atoms with Crippen LogP contribution in [0, 0.1) is 5.92 Å². The molecule has 0 bridgehead atoms. The minimum Gasteiger partial charge on any atom is -0.469 e. The van der Waals surface area contributed by atoms with E-state index in [0.29, 0.717) is 6.54 Å². The number of carbonyl (C=O) groups excluding carboxylic acids is 2. The second-order valence-electron chi connectivity index (χ2n) is 4.97. The van der Waals surface area contributed by atoms with Crippen LogP contribution in [0.1, 0.15) is 32.6 Å². The predicted molar refractivity (Wildman–Crippen MR) is 71.5 cm³/mol. The van der Waals surface area contributed by atoms with E-state index >= 15 is 0 Å². The summed E-state index contributed by atoms with van der Waals surface area (Å²) in [5.41, 5.74) is 5.36. The predicted octanol–water partition coefficient (Wildman–Crippen LogP) is 0.947. The number of rotatable bonds is 4. The first-order valence-corrected chi connectivity index (χ1v) is 6.03. The van der Waals surface area contributed by atoms with Crippen LogP contribution in [0.5, 0.6) is 0 Å². The number of hydrogen-bond donors (Lipinski definition) is 1. The van der Waals surface area contributed by atoms with Crippen LogP contribution in [-0.2, 0) is 14.3 Å². The second-order valence-corrected chi connectivity index (χ2v) is 4.97. The Bertz CT molecular complexity index is 304. The van der Waals surface area contributed by atoms with Gasteiger partial charge in [-0.3, -0.25) is 9.59 Å². The Labute approximate surface area is 114 Å². The highest BCUT2D eigenvalue weighted by atomic mass is 35.5. The molecule has 1 saturated carbocycles. The number of hydrogen-bond acceptors (Lipinski definition) is 4. The molecular formula is C12H23ClN2O3. The molecule has 2 N–H and O–H groups in total. The van der Waals surface area contributed by atoms with Gasteiger partial charge in [-0.25, -0.2) is 0 Å². The van der Waals surface area contributed by atoms with Gasteiger partial charge in [0.2, 0.25) is 5.91 Å². The second kappa shape index (κ2) is 6.95. The summed E-state index contributed by atoms with van der Waals surface area (Å²) in [6, 6.07) is 0. The zero-order valence-corrected chi connectivity index (χ0v) is 12.1. The summed E-state index contributed by atoms with van der Waals surface area (Å²) in [5, 5.41) is 0. The maximum Gasteiger partial charge on any atom is 0.310 e. The van der Waals surface area contributed by atoms with Crippen LogP contribution in [0.25, 0.3) is 0 Å². The molecule has 6 heteroatoms. The molecule has 0 radical (unpaired) electrons. The van der Waals surface area contributed by atoms with Gasteiger partial charge in [0.15, 0.2) is 0 Å². The summed E-state index contributed by atoms with van der Waals surface area (Å²) < 4.78 is 4.64. The number of nitrogens with zero attached hydrogens (tertiary/aromatic N) is 1. The lowest BCUT2D eigenvalue weighted by molar-refractivity contribution is -0.146. The Morgan fingerprint density at radius 1 is 1.39 bits per heavy atom. The molecule has 1 amide bonds. The van der Waals surface area contributed by atoms with Gasteiger partial charge in [-0.2, -0.15) is 0 Å². The summed E-state index contributed by atoms with van der Waals surface area (Å²) in [4.78, 5) is 25.0. The Kier molecular flexibility index (Phi) is 6.63. The number of carbonyl (C=O) groups is 2. The highest BCUT2D eigenvalue weighted by Crippen LogP contribution is 2.28. The molecule has 0 heterocycles. The SMILES string of the molecule is COC(=O)C(C)CN(C)C(=O)C1(N)CCCC1.Cl. The first kappa shape index (κ1) is 17.2. The molecule has 106 valence electrons. The highest BCUT2D eigenvalue weighted by Gasteiger charge is 2.39. The smallest absolute Gasteiger partial charge is 0.310 e. The van der Waals surface area contributed by atoms with Crippen molar-refractivity contribution in [3.63, 3.8) is 0 Å². The van der Waals surface area contributed by atoms with Gasteiger partial charge in [0, 0.05) is 13.6 Å². The molecule has 0 aromatic rings. The van der Waals surface area contributed by atoms with Crippen LogP contribution < -0.4 is 5.73 Å². The Morgan fingerprint density at radius 2 is 1.89 bits per heavy atom. The number of methoxy groups -OCH3 is 1. The van der Waals surface area contributed by atoms with E-state index in [0.717, 1.165) is 25.7 Å². The molecule has 1 rings (SSSR count). The Balaban J connectivity index is 0.00000289. The van der Waals surface area contributed by atoms with Gasteiger partial charge in [-0.15, -0.1) is 12.4 Å². The van der Waals surface area contributed by atoms with Gasteiger partial charge in [0.25, 0.3) is 0 Å². The van der Waals surface area contributed by atoms with Gasteiger partial charge in [0.05, 0.1) is 18.6 Å². The van der Waals surface area contributed by atoms with Gasteiger partial charge in [-0.1, -0.05) is 19.8 Å². The number of ether oxygens (including phenoxy) is 1. The summed E-state index contributed by atoms with van der Waals surface area (Å²) in [6.07, 6.45) is 3.48. The number of halogens is 1. The van der Waals surface area contributed by atoms with Crippen molar-refractivity contribution in [2.75, 3.05) is 20.7 Å². The fraction of sp³-hybridized carbons (Fsp3) is 0.833. The van der Waals surface area contributed by atoms with Crippen molar-refractivity contribution in [3.05, 3.63) is 0 Å². The van der Waals surface area contributed by atoms with Crippen molar-refractivity contribution >= 4 is 24.3 Å². The minimum atomic E-state index is -0.718. The summed E-state index contributed by atoms with van der Waals surface area (Å²) in [5.74, 6) is -0.688.